The first-order valence-corrected chi connectivity index (χ1v) is 11.4. The largest absolute Gasteiger partial charge is 0.300 e. The first kappa shape index (κ1) is 21.0. The highest BCUT2D eigenvalue weighted by Gasteiger charge is 2.39. The smallest absolute Gasteiger partial charge is 0.232 e. The van der Waals surface area contributed by atoms with E-state index in [1.54, 1.807) is 17.9 Å². The van der Waals surface area contributed by atoms with Crippen LogP contribution in [0.5, 0.6) is 0 Å². The molecule has 5 aromatic rings. The molecule has 33 heavy (non-hydrogen) atoms. The highest BCUT2D eigenvalue weighted by molar-refractivity contribution is 7.13. The van der Waals surface area contributed by atoms with Crippen molar-refractivity contribution < 1.29 is 4.79 Å². The van der Waals surface area contributed by atoms with E-state index in [1.807, 2.05) is 55.1 Å². The van der Waals surface area contributed by atoms with Crippen molar-refractivity contribution in [2.75, 3.05) is 5.32 Å². The third-order valence-electron chi connectivity index (χ3n) is 5.84. The quantitative estimate of drug-likeness (QED) is 0.387. The maximum absolute atomic E-state index is 13.4. The van der Waals surface area contributed by atoms with Gasteiger partial charge in [-0.3, -0.25) is 9.78 Å². The fourth-order valence-corrected chi connectivity index (χ4v) is 4.64. The van der Waals surface area contributed by atoms with E-state index in [2.05, 4.69) is 55.9 Å². The molecule has 0 spiro atoms. The standard InChI is InChI=1S/C25H22N6OS/c1-25(2,23(32)29-24-30-27-16-33-24)22(17-7-4-3-5-8-17)18-10-11-21-19(13-18)14-28-31(21)20-9-6-12-26-15-20/h3-16,22H,1-2H3,(H,29,30,32)/t22-/m0/s1. The van der Waals surface area contributed by atoms with Gasteiger partial charge in [0.25, 0.3) is 0 Å². The molecule has 1 amide bonds. The van der Waals surface area contributed by atoms with Crippen LogP contribution in [0.4, 0.5) is 5.13 Å². The molecule has 0 saturated carbocycles. The van der Waals surface area contributed by atoms with Gasteiger partial charge in [0.1, 0.15) is 5.51 Å². The van der Waals surface area contributed by atoms with E-state index in [0.29, 0.717) is 5.13 Å². The van der Waals surface area contributed by atoms with Gasteiger partial charge < -0.3 is 5.32 Å². The van der Waals surface area contributed by atoms with E-state index < -0.39 is 5.41 Å². The fraction of sp³-hybridized carbons (Fsp3) is 0.160. The molecule has 0 unspecified atom stereocenters. The first-order valence-electron chi connectivity index (χ1n) is 10.5. The lowest BCUT2D eigenvalue weighted by atomic mass is 9.70. The molecule has 0 radical (unpaired) electrons. The molecule has 0 aliphatic heterocycles. The molecular formula is C25H22N6OS. The summed E-state index contributed by atoms with van der Waals surface area (Å²) >= 11 is 1.30. The number of pyridine rings is 1. The Morgan fingerprint density at radius 1 is 1.03 bits per heavy atom. The number of anilines is 1. The summed E-state index contributed by atoms with van der Waals surface area (Å²) < 4.78 is 1.87. The van der Waals surface area contributed by atoms with E-state index in [-0.39, 0.29) is 11.8 Å². The summed E-state index contributed by atoms with van der Waals surface area (Å²) in [6.07, 6.45) is 5.38. The number of benzene rings is 2. The number of hydrogen-bond acceptors (Lipinski definition) is 6. The zero-order chi connectivity index (χ0) is 22.8. The Labute approximate surface area is 195 Å². The highest BCUT2D eigenvalue weighted by atomic mass is 32.1. The SMILES string of the molecule is CC(C)(C(=O)Nc1nncs1)[C@@H](c1ccccc1)c1ccc2c(cnn2-c2cccnc2)c1. The number of carbonyl (C=O) groups excluding carboxylic acids is 1. The normalized spacial score (nSPS) is 12.5. The van der Waals surface area contributed by atoms with Gasteiger partial charge in [0.2, 0.25) is 11.0 Å². The Morgan fingerprint density at radius 2 is 1.88 bits per heavy atom. The molecule has 164 valence electrons. The number of hydrogen-bond donors (Lipinski definition) is 1. The molecule has 1 atom stereocenters. The van der Waals surface area contributed by atoms with Crippen LogP contribution in [0.1, 0.15) is 30.9 Å². The minimum atomic E-state index is -0.764. The molecular weight excluding hydrogens is 432 g/mol. The van der Waals surface area contributed by atoms with E-state index in [1.165, 1.54) is 11.3 Å². The van der Waals surface area contributed by atoms with Gasteiger partial charge in [0, 0.05) is 17.5 Å². The summed E-state index contributed by atoms with van der Waals surface area (Å²) in [5, 5.41) is 16.8. The number of fused-ring (bicyclic) bond motifs is 1. The Bertz CT molecular complexity index is 1380. The van der Waals surface area contributed by atoms with Crippen LogP contribution in [0.25, 0.3) is 16.6 Å². The summed E-state index contributed by atoms with van der Waals surface area (Å²) in [4.78, 5) is 17.6. The Kier molecular flexibility index (Phi) is 5.43. The van der Waals surface area contributed by atoms with Crippen molar-refractivity contribution in [3.05, 3.63) is 95.9 Å². The van der Waals surface area contributed by atoms with E-state index in [9.17, 15) is 4.79 Å². The second kappa shape index (κ2) is 8.55. The first-order chi connectivity index (χ1) is 16.0. The molecule has 5 rings (SSSR count). The van der Waals surface area contributed by atoms with Crippen LogP contribution in [0.3, 0.4) is 0 Å². The minimum Gasteiger partial charge on any atom is -0.300 e. The average Bonchev–Trinajstić information content (AvgIpc) is 3.50. The summed E-state index contributed by atoms with van der Waals surface area (Å²) in [5.41, 5.74) is 4.82. The van der Waals surface area contributed by atoms with Gasteiger partial charge in [-0.15, -0.1) is 10.2 Å². The van der Waals surface area contributed by atoms with Gasteiger partial charge >= 0.3 is 0 Å². The maximum atomic E-state index is 13.4. The Hall–Kier alpha value is -3.91. The van der Waals surface area contributed by atoms with Crippen molar-refractivity contribution in [3.8, 4) is 5.69 Å². The predicted octanol–water partition coefficient (Wildman–Crippen LogP) is 5.07. The monoisotopic (exact) mass is 454 g/mol. The van der Waals surface area contributed by atoms with Crippen molar-refractivity contribution in [2.45, 2.75) is 19.8 Å². The number of amides is 1. The van der Waals surface area contributed by atoms with Crippen molar-refractivity contribution >= 4 is 33.3 Å². The Morgan fingerprint density at radius 3 is 2.61 bits per heavy atom. The number of nitrogens with one attached hydrogen (secondary N) is 1. The predicted molar refractivity (Wildman–Crippen MR) is 129 cm³/mol. The second-order valence-electron chi connectivity index (χ2n) is 8.35. The average molecular weight is 455 g/mol. The minimum absolute atomic E-state index is 0.112. The molecule has 0 bridgehead atoms. The summed E-state index contributed by atoms with van der Waals surface area (Å²) in [5.74, 6) is -0.294. The van der Waals surface area contributed by atoms with Crippen LogP contribution in [0.15, 0.2) is 84.8 Å². The van der Waals surface area contributed by atoms with Gasteiger partial charge in [0.05, 0.1) is 29.0 Å². The molecule has 3 heterocycles. The van der Waals surface area contributed by atoms with E-state index in [4.69, 9.17) is 0 Å². The van der Waals surface area contributed by atoms with Crippen LogP contribution in [0.2, 0.25) is 0 Å². The van der Waals surface area contributed by atoms with Crippen molar-refractivity contribution in [2.24, 2.45) is 5.41 Å². The number of nitrogens with zero attached hydrogens (tertiary/aromatic N) is 5. The van der Waals surface area contributed by atoms with E-state index >= 15 is 0 Å². The van der Waals surface area contributed by atoms with Gasteiger partial charge in [-0.1, -0.05) is 61.6 Å². The number of carbonyl (C=O) groups is 1. The number of aromatic nitrogens is 5. The topological polar surface area (TPSA) is 85.6 Å². The van der Waals surface area contributed by atoms with Crippen LogP contribution in [0, 0.1) is 5.41 Å². The van der Waals surface area contributed by atoms with Crippen LogP contribution >= 0.6 is 11.3 Å². The van der Waals surface area contributed by atoms with Crippen LogP contribution < -0.4 is 5.32 Å². The van der Waals surface area contributed by atoms with E-state index in [0.717, 1.165) is 27.7 Å². The lowest BCUT2D eigenvalue weighted by Gasteiger charge is -2.33. The zero-order valence-electron chi connectivity index (χ0n) is 18.2. The third-order valence-corrected chi connectivity index (χ3v) is 6.44. The van der Waals surface area contributed by atoms with Gasteiger partial charge in [-0.2, -0.15) is 5.10 Å². The van der Waals surface area contributed by atoms with Crippen LogP contribution in [-0.4, -0.2) is 30.9 Å². The Balaban J connectivity index is 1.58. The molecule has 3 aromatic heterocycles. The molecule has 0 aliphatic rings. The summed E-state index contributed by atoms with van der Waals surface area (Å²) in [7, 11) is 0. The van der Waals surface area contributed by atoms with Gasteiger partial charge in [-0.05, 0) is 35.4 Å². The highest BCUT2D eigenvalue weighted by Crippen LogP contribution is 2.42. The van der Waals surface area contributed by atoms with Gasteiger partial charge in [-0.25, -0.2) is 4.68 Å². The molecule has 0 aliphatic carbocycles. The molecule has 2 aromatic carbocycles. The molecule has 0 saturated heterocycles. The van der Waals surface area contributed by atoms with Crippen molar-refractivity contribution in [3.63, 3.8) is 0 Å². The lowest BCUT2D eigenvalue weighted by molar-refractivity contribution is -0.124. The molecule has 1 N–H and O–H groups in total. The van der Waals surface area contributed by atoms with Crippen molar-refractivity contribution in [1.29, 1.82) is 0 Å². The molecule has 7 nitrogen and oxygen atoms in total. The lowest BCUT2D eigenvalue weighted by Crippen LogP contribution is -2.37. The fourth-order valence-electron chi connectivity index (χ4n) is 4.20. The zero-order valence-corrected chi connectivity index (χ0v) is 19.0. The summed E-state index contributed by atoms with van der Waals surface area (Å²) in [6.45, 7) is 3.93. The third kappa shape index (κ3) is 4.01. The number of rotatable bonds is 6. The van der Waals surface area contributed by atoms with Crippen molar-refractivity contribution in [1.82, 2.24) is 25.0 Å². The van der Waals surface area contributed by atoms with Crippen LogP contribution in [-0.2, 0) is 4.79 Å². The second-order valence-corrected chi connectivity index (χ2v) is 9.18. The molecule has 0 fully saturated rings. The van der Waals surface area contributed by atoms with Gasteiger partial charge in [0.15, 0.2) is 0 Å². The maximum Gasteiger partial charge on any atom is 0.232 e. The summed E-state index contributed by atoms with van der Waals surface area (Å²) in [6, 6.07) is 20.2. The molecule has 8 heteroatoms.